The van der Waals surface area contributed by atoms with E-state index in [2.05, 4.69) is 11.8 Å². The van der Waals surface area contributed by atoms with E-state index in [1.165, 1.54) is 16.2 Å². The number of nitrogens with zero attached hydrogens (tertiary/aromatic N) is 1. The zero-order valence-electron chi connectivity index (χ0n) is 11.3. The van der Waals surface area contributed by atoms with Crippen LogP contribution in [0.2, 0.25) is 0 Å². The maximum Gasteiger partial charge on any atom is 0.401 e. The summed E-state index contributed by atoms with van der Waals surface area (Å²) in [6.07, 6.45) is -3.08. The van der Waals surface area contributed by atoms with Crippen LogP contribution in [0.4, 0.5) is 13.2 Å². The highest BCUT2D eigenvalue weighted by Gasteiger charge is 2.30. The van der Waals surface area contributed by atoms with Crippen molar-refractivity contribution in [1.29, 1.82) is 0 Å². The Kier molecular flexibility index (Phi) is 7.06. The number of thiophene rings is 1. The summed E-state index contributed by atoms with van der Waals surface area (Å²) in [4.78, 5) is 2.27. The molecule has 0 aliphatic carbocycles. The molecule has 0 saturated heterocycles. The van der Waals surface area contributed by atoms with Gasteiger partial charge in [-0.05, 0) is 19.0 Å². The van der Waals surface area contributed by atoms with Crippen LogP contribution in [0.15, 0.2) is 11.4 Å². The highest BCUT2D eigenvalue weighted by Crippen LogP contribution is 2.21. The molecule has 1 heterocycles. The van der Waals surface area contributed by atoms with Gasteiger partial charge in [-0.2, -0.15) is 13.2 Å². The lowest BCUT2D eigenvalue weighted by Crippen LogP contribution is -2.34. The van der Waals surface area contributed by atoms with Gasteiger partial charge in [-0.15, -0.1) is 11.3 Å². The van der Waals surface area contributed by atoms with Crippen molar-refractivity contribution in [2.24, 2.45) is 0 Å². The molecular formula is C14H18F3NOS. The van der Waals surface area contributed by atoms with Gasteiger partial charge in [0.2, 0.25) is 0 Å². The van der Waals surface area contributed by atoms with Crippen LogP contribution in [0.3, 0.4) is 0 Å². The lowest BCUT2D eigenvalue weighted by molar-refractivity contribution is -0.147. The molecule has 0 spiro atoms. The van der Waals surface area contributed by atoms with Crippen molar-refractivity contribution in [3.05, 3.63) is 21.9 Å². The molecule has 1 aromatic rings. The second-order valence-electron chi connectivity index (χ2n) is 4.40. The molecule has 6 heteroatoms. The zero-order chi connectivity index (χ0) is 15.0. The topological polar surface area (TPSA) is 23.5 Å². The Balaban J connectivity index is 2.63. The molecule has 0 atom stereocenters. The van der Waals surface area contributed by atoms with Crippen LogP contribution < -0.4 is 0 Å². The summed E-state index contributed by atoms with van der Waals surface area (Å²) >= 11 is 1.41. The summed E-state index contributed by atoms with van der Waals surface area (Å²) in [6, 6.07) is 1.81. The maximum atomic E-state index is 12.5. The number of aliphatic hydroxyl groups is 1. The Morgan fingerprint density at radius 1 is 1.40 bits per heavy atom. The molecule has 0 saturated carbocycles. The molecule has 112 valence electrons. The molecule has 0 aliphatic rings. The SMILES string of the molecule is CCCN(Cc1cc(C#CCCO)cs1)CC(F)(F)F. The monoisotopic (exact) mass is 305 g/mol. The predicted octanol–water partition coefficient (Wildman–Crippen LogP) is 3.26. The van der Waals surface area contributed by atoms with Crippen LogP contribution in [0.5, 0.6) is 0 Å². The minimum absolute atomic E-state index is 0.0137. The fourth-order valence-electron chi connectivity index (χ4n) is 1.75. The van der Waals surface area contributed by atoms with Crippen LogP contribution in [-0.2, 0) is 6.54 Å². The molecule has 0 unspecified atom stereocenters. The fourth-order valence-corrected chi connectivity index (χ4v) is 2.61. The summed E-state index contributed by atoms with van der Waals surface area (Å²) < 4.78 is 37.4. The zero-order valence-corrected chi connectivity index (χ0v) is 12.2. The number of halogens is 3. The Morgan fingerprint density at radius 2 is 2.15 bits per heavy atom. The maximum absolute atomic E-state index is 12.5. The van der Waals surface area contributed by atoms with Gasteiger partial charge in [0.05, 0.1) is 13.2 Å². The first-order valence-corrected chi connectivity index (χ1v) is 7.29. The second-order valence-corrected chi connectivity index (χ2v) is 5.40. The van der Waals surface area contributed by atoms with Crippen LogP contribution in [0, 0.1) is 11.8 Å². The molecule has 2 nitrogen and oxygen atoms in total. The molecule has 0 aromatic carbocycles. The first-order valence-electron chi connectivity index (χ1n) is 6.41. The van der Waals surface area contributed by atoms with E-state index in [0.717, 1.165) is 10.4 Å². The minimum atomic E-state index is -4.17. The highest BCUT2D eigenvalue weighted by molar-refractivity contribution is 7.10. The van der Waals surface area contributed by atoms with Gasteiger partial charge in [-0.25, -0.2) is 0 Å². The van der Waals surface area contributed by atoms with Crippen LogP contribution in [0.25, 0.3) is 0 Å². The lowest BCUT2D eigenvalue weighted by atomic mass is 10.3. The standard InChI is InChI=1S/C14H18F3NOS/c1-2-6-18(11-14(15,16)17)9-13-8-12(10-20-13)5-3-4-7-19/h8,10,19H,2,4,6-7,9,11H2,1H3. The highest BCUT2D eigenvalue weighted by atomic mass is 32.1. The largest absolute Gasteiger partial charge is 0.401 e. The number of hydrogen-bond acceptors (Lipinski definition) is 3. The third-order valence-electron chi connectivity index (χ3n) is 2.45. The van der Waals surface area contributed by atoms with Crippen molar-refractivity contribution < 1.29 is 18.3 Å². The minimum Gasteiger partial charge on any atom is -0.395 e. The van der Waals surface area contributed by atoms with E-state index < -0.39 is 12.7 Å². The number of aliphatic hydroxyl groups excluding tert-OH is 1. The van der Waals surface area contributed by atoms with Gasteiger partial charge in [-0.3, -0.25) is 4.90 Å². The van der Waals surface area contributed by atoms with Crippen LogP contribution >= 0.6 is 11.3 Å². The Hall–Kier alpha value is -1.03. The van der Waals surface area contributed by atoms with E-state index in [9.17, 15) is 13.2 Å². The predicted molar refractivity (Wildman–Crippen MR) is 74.5 cm³/mol. The van der Waals surface area contributed by atoms with Crippen molar-refractivity contribution in [3.63, 3.8) is 0 Å². The number of hydrogen-bond donors (Lipinski definition) is 1. The molecule has 0 bridgehead atoms. The smallest absolute Gasteiger partial charge is 0.395 e. The van der Waals surface area contributed by atoms with Crippen molar-refractivity contribution in [3.8, 4) is 11.8 Å². The average Bonchev–Trinajstić information content (AvgIpc) is 2.75. The number of alkyl halides is 3. The number of rotatable bonds is 6. The molecule has 20 heavy (non-hydrogen) atoms. The van der Waals surface area contributed by atoms with Gasteiger partial charge < -0.3 is 5.11 Å². The first kappa shape index (κ1) is 17.0. The summed E-state index contributed by atoms with van der Waals surface area (Å²) in [6.45, 7) is 1.70. The Bertz CT molecular complexity index is 459. The van der Waals surface area contributed by atoms with E-state index in [1.807, 2.05) is 18.4 Å². The normalized spacial score (nSPS) is 11.5. The summed E-state index contributed by atoms with van der Waals surface area (Å²) in [5.41, 5.74) is 0.793. The quantitative estimate of drug-likeness (QED) is 0.816. The third kappa shape index (κ3) is 6.94. The molecule has 1 aromatic heterocycles. The summed E-state index contributed by atoms with van der Waals surface area (Å²) in [5.74, 6) is 5.67. The Labute approximate surface area is 121 Å². The van der Waals surface area contributed by atoms with E-state index in [4.69, 9.17) is 5.11 Å². The second kappa shape index (κ2) is 8.30. The Morgan fingerprint density at radius 3 is 2.75 bits per heavy atom. The van der Waals surface area contributed by atoms with Gasteiger partial charge in [0.25, 0.3) is 0 Å². The van der Waals surface area contributed by atoms with Gasteiger partial charge in [0, 0.05) is 28.8 Å². The van der Waals surface area contributed by atoms with E-state index in [-0.39, 0.29) is 6.61 Å². The molecular weight excluding hydrogens is 287 g/mol. The van der Waals surface area contributed by atoms with Gasteiger partial charge in [0.15, 0.2) is 0 Å². The van der Waals surface area contributed by atoms with Crippen LogP contribution in [0.1, 0.15) is 30.2 Å². The summed E-state index contributed by atoms with van der Waals surface area (Å²) in [7, 11) is 0. The third-order valence-corrected chi connectivity index (χ3v) is 3.37. The van der Waals surface area contributed by atoms with E-state index >= 15 is 0 Å². The van der Waals surface area contributed by atoms with Crippen LogP contribution in [-0.4, -0.2) is 35.9 Å². The molecule has 0 radical (unpaired) electrons. The van der Waals surface area contributed by atoms with Gasteiger partial charge in [0.1, 0.15) is 0 Å². The van der Waals surface area contributed by atoms with Crippen molar-refractivity contribution in [1.82, 2.24) is 4.90 Å². The molecule has 0 aliphatic heterocycles. The average molecular weight is 305 g/mol. The van der Waals surface area contributed by atoms with Crippen molar-refractivity contribution in [2.45, 2.75) is 32.5 Å². The van der Waals surface area contributed by atoms with E-state index in [0.29, 0.717) is 25.9 Å². The fraction of sp³-hybridized carbons (Fsp3) is 0.571. The molecule has 0 amide bonds. The molecule has 1 N–H and O–H groups in total. The van der Waals surface area contributed by atoms with E-state index in [1.54, 1.807) is 0 Å². The van der Waals surface area contributed by atoms with Crippen molar-refractivity contribution in [2.75, 3.05) is 19.7 Å². The molecule has 1 rings (SSSR count). The lowest BCUT2D eigenvalue weighted by Gasteiger charge is -2.22. The van der Waals surface area contributed by atoms with Gasteiger partial charge in [-0.1, -0.05) is 18.8 Å². The van der Waals surface area contributed by atoms with Gasteiger partial charge >= 0.3 is 6.18 Å². The first-order chi connectivity index (χ1) is 9.44. The molecule has 0 fully saturated rings. The summed E-state index contributed by atoms with van der Waals surface area (Å²) in [5, 5.41) is 10.5. The van der Waals surface area contributed by atoms with Crippen molar-refractivity contribution >= 4 is 11.3 Å².